The lowest BCUT2D eigenvalue weighted by molar-refractivity contribution is 0.174. The van der Waals surface area contributed by atoms with Crippen molar-refractivity contribution in [1.29, 1.82) is 0 Å². The van der Waals surface area contributed by atoms with E-state index >= 15 is 0 Å². The Morgan fingerprint density at radius 1 is 1.19 bits per heavy atom. The molecule has 108 valence electrons. The Morgan fingerprint density at radius 3 is 2.57 bits per heavy atom. The second kappa shape index (κ2) is 8.05. The van der Waals surface area contributed by atoms with Crippen LogP contribution in [0.5, 0.6) is 5.75 Å². The van der Waals surface area contributed by atoms with E-state index in [1.807, 2.05) is 36.4 Å². The van der Waals surface area contributed by atoms with Crippen molar-refractivity contribution in [2.45, 2.75) is 12.6 Å². The first-order valence-corrected chi connectivity index (χ1v) is 6.73. The summed E-state index contributed by atoms with van der Waals surface area (Å²) in [6.45, 7) is 1.44. The highest BCUT2D eigenvalue weighted by Crippen LogP contribution is 2.13. The lowest BCUT2D eigenvalue weighted by Crippen LogP contribution is -2.21. The molecule has 1 aromatic carbocycles. The van der Waals surface area contributed by atoms with E-state index in [2.05, 4.69) is 16.2 Å². The summed E-state index contributed by atoms with van der Waals surface area (Å²) in [5, 5.41) is 13.2. The van der Waals surface area contributed by atoms with Gasteiger partial charge in [-0.2, -0.15) is 0 Å². The van der Waals surface area contributed by atoms with Gasteiger partial charge in [-0.15, -0.1) is 6.42 Å². The number of pyridine rings is 1. The third-order valence-electron chi connectivity index (χ3n) is 3.00. The summed E-state index contributed by atoms with van der Waals surface area (Å²) in [6, 6.07) is 11.3. The molecule has 0 aliphatic heterocycles. The van der Waals surface area contributed by atoms with Gasteiger partial charge >= 0.3 is 0 Å². The molecule has 21 heavy (non-hydrogen) atoms. The van der Waals surface area contributed by atoms with Crippen LogP contribution in [0, 0.1) is 12.3 Å². The first-order chi connectivity index (χ1) is 10.3. The van der Waals surface area contributed by atoms with Crippen LogP contribution in [0.15, 0.2) is 48.8 Å². The highest BCUT2D eigenvalue weighted by atomic mass is 16.5. The van der Waals surface area contributed by atoms with Crippen LogP contribution in [-0.2, 0) is 6.54 Å². The van der Waals surface area contributed by atoms with Gasteiger partial charge in [-0.25, -0.2) is 0 Å². The number of aliphatic hydroxyl groups excluding tert-OH is 1. The zero-order chi connectivity index (χ0) is 14.9. The second-order valence-corrected chi connectivity index (χ2v) is 4.56. The number of aromatic nitrogens is 1. The maximum Gasteiger partial charge on any atom is 0.148 e. The maximum absolute atomic E-state index is 10.0. The molecule has 1 aromatic heterocycles. The van der Waals surface area contributed by atoms with E-state index in [1.165, 1.54) is 0 Å². The van der Waals surface area contributed by atoms with Gasteiger partial charge in [0.2, 0.25) is 0 Å². The summed E-state index contributed by atoms with van der Waals surface area (Å²) in [5.74, 6) is 3.18. The molecule has 2 aromatic rings. The van der Waals surface area contributed by atoms with Gasteiger partial charge in [0.05, 0.1) is 6.10 Å². The lowest BCUT2D eigenvalue weighted by Gasteiger charge is -2.12. The minimum atomic E-state index is -0.536. The molecule has 0 amide bonds. The number of terminal acetylenes is 1. The second-order valence-electron chi connectivity index (χ2n) is 4.56. The highest BCUT2D eigenvalue weighted by molar-refractivity contribution is 5.27. The van der Waals surface area contributed by atoms with Crippen LogP contribution in [0.4, 0.5) is 0 Å². The summed E-state index contributed by atoms with van der Waals surface area (Å²) in [5.41, 5.74) is 1.97. The monoisotopic (exact) mass is 282 g/mol. The van der Waals surface area contributed by atoms with Crippen molar-refractivity contribution in [3.8, 4) is 18.1 Å². The molecule has 0 aliphatic carbocycles. The van der Waals surface area contributed by atoms with E-state index in [9.17, 15) is 5.11 Å². The predicted molar refractivity (Wildman–Crippen MR) is 81.7 cm³/mol. The Kier molecular flexibility index (Phi) is 5.77. The molecule has 4 nitrogen and oxygen atoms in total. The summed E-state index contributed by atoms with van der Waals surface area (Å²) in [7, 11) is 0. The van der Waals surface area contributed by atoms with E-state index < -0.39 is 6.10 Å². The SMILES string of the molecule is C#CCOc1ccc(CNCC(O)c2ccncc2)cc1. The zero-order valence-electron chi connectivity index (χ0n) is 11.7. The van der Waals surface area contributed by atoms with E-state index in [0.29, 0.717) is 13.1 Å². The molecule has 0 saturated carbocycles. The Balaban J connectivity index is 1.77. The topological polar surface area (TPSA) is 54.4 Å². The molecule has 2 rings (SSSR count). The van der Waals surface area contributed by atoms with Crippen LogP contribution >= 0.6 is 0 Å². The summed E-state index contributed by atoms with van der Waals surface area (Å²) < 4.78 is 5.31. The summed E-state index contributed by atoms with van der Waals surface area (Å²) in [4.78, 5) is 3.93. The zero-order valence-corrected chi connectivity index (χ0v) is 11.7. The lowest BCUT2D eigenvalue weighted by atomic mass is 10.1. The molecule has 0 saturated heterocycles. The van der Waals surface area contributed by atoms with E-state index in [-0.39, 0.29) is 6.61 Å². The number of hydrogen-bond donors (Lipinski definition) is 2. The van der Waals surface area contributed by atoms with Gasteiger partial charge in [-0.1, -0.05) is 18.1 Å². The quantitative estimate of drug-likeness (QED) is 0.762. The minimum absolute atomic E-state index is 0.274. The number of rotatable bonds is 7. The van der Waals surface area contributed by atoms with E-state index in [1.54, 1.807) is 12.4 Å². The standard InChI is InChI=1S/C17H18N2O2/c1-2-11-21-16-5-3-14(4-6-16)12-19-13-17(20)15-7-9-18-10-8-15/h1,3-10,17,19-20H,11-13H2. The van der Waals surface area contributed by atoms with Crippen LogP contribution in [0.3, 0.4) is 0 Å². The van der Waals surface area contributed by atoms with Gasteiger partial charge in [-0.05, 0) is 35.4 Å². The molecule has 0 bridgehead atoms. The van der Waals surface area contributed by atoms with Crippen molar-refractivity contribution in [3.05, 3.63) is 59.9 Å². The Labute approximate surface area is 124 Å². The molecule has 0 aliphatic rings. The molecule has 0 spiro atoms. The van der Waals surface area contributed by atoms with Gasteiger partial charge < -0.3 is 15.2 Å². The van der Waals surface area contributed by atoms with Gasteiger partial charge in [0.1, 0.15) is 12.4 Å². The van der Waals surface area contributed by atoms with Crippen molar-refractivity contribution in [2.75, 3.05) is 13.2 Å². The van der Waals surface area contributed by atoms with E-state index in [4.69, 9.17) is 11.2 Å². The van der Waals surface area contributed by atoms with Crippen molar-refractivity contribution in [2.24, 2.45) is 0 Å². The number of aliphatic hydroxyl groups is 1. The third-order valence-corrected chi connectivity index (χ3v) is 3.00. The smallest absolute Gasteiger partial charge is 0.148 e. The van der Waals surface area contributed by atoms with Crippen molar-refractivity contribution in [1.82, 2.24) is 10.3 Å². The molecule has 0 fully saturated rings. The van der Waals surface area contributed by atoms with E-state index in [0.717, 1.165) is 16.9 Å². The van der Waals surface area contributed by atoms with Gasteiger partial charge in [0.15, 0.2) is 0 Å². The predicted octanol–water partition coefficient (Wildman–Crippen LogP) is 1.92. The van der Waals surface area contributed by atoms with Crippen molar-refractivity contribution >= 4 is 0 Å². The summed E-state index contributed by atoms with van der Waals surface area (Å²) >= 11 is 0. The fraction of sp³-hybridized carbons (Fsp3) is 0.235. The maximum atomic E-state index is 10.0. The molecule has 1 unspecified atom stereocenters. The van der Waals surface area contributed by atoms with Crippen molar-refractivity contribution in [3.63, 3.8) is 0 Å². The number of ether oxygens (including phenoxy) is 1. The molecule has 2 N–H and O–H groups in total. The van der Waals surface area contributed by atoms with Crippen LogP contribution in [0.2, 0.25) is 0 Å². The number of nitrogens with one attached hydrogen (secondary N) is 1. The average Bonchev–Trinajstić information content (AvgIpc) is 2.55. The average molecular weight is 282 g/mol. The van der Waals surface area contributed by atoms with Crippen LogP contribution in [0.25, 0.3) is 0 Å². The van der Waals surface area contributed by atoms with Gasteiger partial charge in [-0.3, -0.25) is 4.98 Å². The van der Waals surface area contributed by atoms with Crippen LogP contribution in [-0.4, -0.2) is 23.2 Å². The third kappa shape index (κ3) is 4.92. The minimum Gasteiger partial charge on any atom is -0.481 e. The fourth-order valence-corrected chi connectivity index (χ4v) is 1.89. The number of hydrogen-bond acceptors (Lipinski definition) is 4. The molecule has 1 heterocycles. The number of nitrogens with zero attached hydrogens (tertiary/aromatic N) is 1. The van der Waals surface area contributed by atoms with Crippen LogP contribution in [0.1, 0.15) is 17.2 Å². The highest BCUT2D eigenvalue weighted by Gasteiger charge is 2.06. The first-order valence-electron chi connectivity index (χ1n) is 6.73. The molecular formula is C17H18N2O2. The first kappa shape index (κ1) is 15.0. The normalized spacial score (nSPS) is 11.6. The number of benzene rings is 1. The Bertz CT molecular complexity index is 576. The molecule has 0 radical (unpaired) electrons. The largest absolute Gasteiger partial charge is 0.481 e. The summed E-state index contributed by atoms with van der Waals surface area (Å²) in [6.07, 6.45) is 7.95. The fourth-order valence-electron chi connectivity index (χ4n) is 1.89. The Hall–Kier alpha value is -2.35. The molecule has 4 heteroatoms. The van der Waals surface area contributed by atoms with Crippen molar-refractivity contribution < 1.29 is 9.84 Å². The Morgan fingerprint density at radius 2 is 1.90 bits per heavy atom. The molecule has 1 atom stereocenters. The van der Waals surface area contributed by atoms with Gasteiger partial charge in [0.25, 0.3) is 0 Å². The molecular weight excluding hydrogens is 264 g/mol. The van der Waals surface area contributed by atoms with Gasteiger partial charge in [0, 0.05) is 25.5 Å². The van der Waals surface area contributed by atoms with Crippen LogP contribution < -0.4 is 10.1 Å².